The zero-order chi connectivity index (χ0) is 15.3. The Morgan fingerprint density at radius 2 is 1.95 bits per heavy atom. The molecule has 0 bridgehead atoms. The molecule has 1 aliphatic rings. The van der Waals surface area contributed by atoms with Gasteiger partial charge in [-0.3, -0.25) is 0 Å². The zero-order valence-electron chi connectivity index (χ0n) is 13.4. The molecule has 0 spiro atoms. The summed E-state index contributed by atoms with van der Waals surface area (Å²) in [6.45, 7) is 4.31. The summed E-state index contributed by atoms with van der Waals surface area (Å²) in [5, 5.41) is 0. The molecule has 1 saturated carbocycles. The quantitative estimate of drug-likeness (QED) is 0.711. The van der Waals surface area contributed by atoms with Crippen LogP contribution >= 0.6 is 0 Å². The summed E-state index contributed by atoms with van der Waals surface area (Å²) in [5.41, 5.74) is 7.61. The molecule has 2 rings (SSSR count). The fourth-order valence-corrected chi connectivity index (χ4v) is 2.78. The normalized spacial score (nSPS) is 17.3. The van der Waals surface area contributed by atoms with Crippen LogP contribution in [0.4, 0.5) is 0 Å². The Morgan fingerprint density at radius 3 is 2.52 bits per heavy atom. The molecule has 0 saturated heterocycles. The van der Waals surface area contributed by atoms with Gasteiger partial charge in [0, 0.05) is 26.1 Å². The number of benzene rings is 1. The van der Waals surface area contributed by atoms with Gasteiger partial charge in [-0.15, -0.1) is 0 Å². The van der Waals surface area contributed by atoms with E-state index in [9.17, 15) is 0 Å². The molecular weight excluding hydrogens is 266 g/mol. The van der Waals surface area contributed by atoms with E-state index in [1.54, 1.807) is 14.2 Å². The minimum atomic E-state index is 0.358. The molecule has 4 nitrogen and oxygen atoms in total. The predicted octanol–water partition coefficient (Wildman–Crippen LogP) is 2.95. The first-order valence-electron chi connectivity index (χ1n) is 7.64. The lowest BCUT2D eigenvalue weighted by Crippen LogP contribution is -2.20. The first-order chi connectivity index (χ1) is 10.1. The molecule has 21 heavy (non-hydrogen) atoms. The van der Waals surface area contributed by atoms with E-state index in [1.165, 1.54) is 18.4 Å². The SMILES string of the molecule is COCCCOc1cc(C(CN)C2(C)CC2)ccc1OC. The van der Waals surface area contributed by atoms with Gasteiger partial charge < -0.3 is 19.9 Å². The third-order valence-electron chi connectivity index (χ3n) is 4.46. The van der Waals surface area contributed by atoms with E-state index < -0.39 is 0 Å². The third kappa shape index (κ3) is 3.89. The maximum Gasteiger partial charge on any atom is 0.161 e. The Labute approximate surface area is 127 Å². The molecule has 1 atom stereocenters. The summed E-state index contributed by atoms with van der Waals surface area (Å²) >= 11 is 0. The molecule has 118 valence electrons. The largest absolute Gasteiger partial charge is 0.493 e. The Morgan fingerprint density at radius 1 is 1.19 bits per heavy atom. The summed E-state index contributed by atoms with van der Waals surface area (Å²) in [4.78, 5) is 0. The Bertz CT molecular complexity index is 457. The Hall–Kier alpha value is -1.26. The summed E-state index contributed by atoms with van der Waals surface area (Å²) in [6.07, 6.45) is 3.37. The van der Waals surface area contributed by atoms with Gasteiger partial charge in [0.25, 0.3) is 0 Å². The van der Waals surface area contributed by atoms with Gasteiger partial charge in [0.1, 0.15) is 0 Å². The van der Waals surface area contributed by atoms with Crippen molar-refractivity contribution in [1.82, 2.24) is 0 Å². The highest BCUT2D eigenvalue weighted by molar-refractivity contribution is 5.44. The van der Waals surface area contributed by atoms with Crippen molar-refractivity contribution >= 4 is 0 Å². The van der Waals surface area contributed by atoms with Crippen molar-refractivity contribution in [3.8, 4) is 11.5 Å². The monoisotopic (exact) mass is 293 g/mol. The molecular formula is C17H27NO3. The fraction of sp³-hybridized carbons (Fsp3) is 0.647. The van der Waals surface area contributed by atoms with E-state index in [4.69, 9.17) is 19.9 Å². The lowest BCUT2D eigenvalue weighted by Gasteiger charge is -2.23. The maximum absolute atomic E-state index is 6.00. The van der Waals surface area contributed by atoms with Crippen LogP contribution in [0.3, 0.4) is 0 Å². The second-order valence-electron chi connectivity index (χ2n) is 6.05. The Kier molecular flexibility index (Phi) is 5.48. The van der Waals surface area contributed by atoms with Gasteiger partial charge in [0.2, 0.25) is 0 Å². The van der Waals surface area contributed by atoms with Gasteiger partial charge in [-0.2, -0.15) is 0 Å². The van der Waals surface area contributed by atoms with E-state index in [1.807, 2.05) is 6.07 Å². The van der Waals surface area contributed by atoms with E-state index in [0.29, 0.717) is 31.1 Å². The first kappa shape index (κ1) is 16.1. The van der Waals surface area contributed by atoms with Crippen LogP contribution in [-0.4, -0.2) is 34.0 Å². The van der Waals surface area contributed by atoms with E-state index in [2.05, 4.69) is 19.1 Å². The molecule has 1 fully saturated rings. The molecule has 1 unspecified atom stereocenters. The molecule has 4 heteroatoms. The van der Waals surface area contributed by atoms with Crippen molar-refractivity contribution in [2.24, 2.45) is 11.1 Å². The number of rotatable bonds is 9. The van der Waals surface area contributed by atoms with Crippen LogP contribution in [0.15, 0.2) is 18.2 Å². The van der Waals surface area contributed by atoms with E-state index in [-0.39, 0.29) is 0 Å². The van der Waals surface area contributed by atoms with Gasteiger partial charge in [0.05, 0.1) is 13.7 Å². The fourth-order valence-electron chi connectivity index (χ4n) is 2.78. The van der Waals surface area contributed by atoms with Crippen LogP contribution in [0.5, 0.6) is 11.5 Å². The first-order valence-corrected chi connectivity index (χ1v) is 7.64. The summed E-state index contributed by atoms with van der Waals surface area (Å²) in [7, 11) is 3.36. The standard InChI is InChI=1S/C17H27NO3/c1-17(7-8-17)14(12-18)13-5-6-15(20-3)16(11-13)21-10-4-9-19-2/h5-6,11,14H,4,7-10,12,18H2,1-3H3. The Balaban J connectivity index is 2.12. The van der Waals surface area contributed by atoms with Crippen molar-refractivity contribution in [3.63, 3.8) is 0 Å². The van der Waals surface area contributed by atoms with Gasteiger partial charge in [0.15, 0.2) is 11.5 Å². The van der Waals surface area contributed by atoms with Gasteiger partial charge in [-0.05, 0) is 42.5 Å². The highest BCUT2D eigenvalue weighted by Crippen LogP contribution is 2.55. The van der Waals surface area contributed by atoms with Crippen LogP contribution in [-0.2, 0) is 4.74 Å². The van der Waals surface area contributed by atoms with Gasteiger partial charge in [-0.1, -0.05) is 13.0 Å². The minimum Gasteiger partial charge on any atom is -0.493 e. The van der Waals surface area contributed by atoms with Crippen LogP contribution in [0.2, 0.25) is 0 Å². The topological polar surface area (TPSA) is 53.7 Å². The van der Waals surface area contributed by atoms with Crippen molar-refractivity contribution in [2.45, 2.75) is 32.1 Å². The van der Waals surface area contributed by atoms with Crippen molar-refractivity contribution in [3.05, 3.63) is 23.8 Å². The highest BCUT2D eigenvalue weighted by Gasteiger charge is 2.44. The van der Waals surface area contributed by atoms with Crippen molar-refractivity contribution in [1.29, 1.82) is 0 Å². The number of ether oxygens (including phenoxy) is 3. The van der Waals surface area contributed by atoms with E-state index >= 15 is 0 Å². The molecule has 1 aromatic carbocycles. The molecule has 2 N–H and O–H groups in total. The molecule has 0 aliphatic heterocycles. The average molecular weight is 293 g/mol. The van der Waals surface area contributed by atoms with Gasteiger partial charge in [-0.25, -0.2) is 0 Å². The molecule has 0 amide bonds. The highest BCUT2D eigenvalue weighted by atomic mass is 16.5. The van der Waals surface area contributed by atoms with Crippen molar-refractivity contribution < 1.29 is 14.2 Å². The summed E-state index contributed by atoms with van der Waals surface area (Å²) < 4.78 is 16.3. The predicted molar refractivity (Wildman–Crippen MR) is 84.1 cm³/mol. The smallest absolute Gasteiger partial charge is 0.161 e. The minimum absolute atomic E-state index is 0.358. The summed E-state index contributed by atoms with van der Waals surface area (Å²) in [5.74, 6) is 1.96. The number of hydrogen-bond donors (Lipinski definition) is 1. The zero-order valence-corrected chi connectivity index (χ0v) is 13.4. The maximum atomic E-state index is 6.00. The van der Waals surface area contributed by atoms with Crippen molar-refractivity contribution in [2.75, 3.05) is 34.0 Å². The lowest BCUT2D eigenvalue weighted by atomic mass is 9.84. The third-order valence-corrected chi connectivity index (χ3v) is 4.46. The molecule has 0 aromatic heterocycles. The molecule has 1 aromatic rings. The second-order valence-corrected chi connectivity index (χ2v) is 6.05. The van der Waals surface area contributed by atoms with Crippen LogP contribution in [0, 0.1) is 5.41 Å². The number of nitrogens with two attached hydrogens (primary N) is 1. The molecule has 0 radical (unpaired) electrons. The van der Waals surface area contributed by atoms with Gasteiger partial charge >= 0.3 is 0 Å². The van der Waals surface area contributed by atoms with Crippen LogP contribution < -0.4 is 15.2 Å². The van der Waals surface area contributed by atoms with Crippen LogP contribution in [0.25, 0.3) is 0 Å². The van der Waals surface area contributed by atoms with Crippen LogP contribution in [0.1, 0.15) is 37.7 Å². The average Bonchev–Trinajstić information content (AvgIpc) is 3.23. The second kappa shape index (κ2) is 7.14. The molecule has 1 aliphatic carbocycles. The number of hydrogen-bond acceptors (Lipinski definition) is 4. The lowest BCUT2D eigenvalue weighted by molar-refractivity contribution is 0.170. The van der Waals surface area contributed by atoms with E-state index in [0.717, 1.165) is 17.9 Å². The summed E-state index contributed by atoms with van der Waals surface area (Å²) in [6, 6.07) is 6.18. The number of methoxy groups -OCH3 is 2. The molecule has 0 heterocycles.